The monoisotopic (exact) mass is 417 g/mol. The zero-order valence-corrected chi connectivity index (χ0v) is 18.3. The molecule has 5 rings (SSSR count). The van der Waals surface area contributed by atoms with Crippen LogP contribution in [0.1, 0.15) is 48.0 Å². The first-order valence-electron chi connectivity index (χ1n) is 11.5. The molecule has 0 N–H and O–H groups in total. The maximum absolute atomic E-state index is 13.5. The smallest absolute Gasteiger partial charge is 0.259 e. The molecule has 2 fully saturated rings. The van der Waals surface area contributed by atoms with E-state index < -0.39 is 0 Å². The van der Waals surface area contributed by atoms with Crippen molar-refractivity contribution in [2.45, 2.75) is 45.1 Å². The van der Waals surface area contributed by atoms with Crippen LogP contribution in [0.15, 0.2) is 55.0 Å². The summed E-state index contributed by atoms with van der Waals surface area (Å²) in [5, 5.41) is 4.61. The Morgan fingerprint density at radius 3 is 2.29 bits per heavy atom. The second kappa shape index (κ2) is 8.71. The molecule has 0 bridgehead atoms. The van der Waals surface area contributed by atoms with Gasteiger partial charge in [0, 0.05) is 44.6 Å². The van der Waals surface area contributed by atoms with Gasteiger partial charge >= 0.3 is 0 Å². The second-order valence-electron chi connectivity index (χ2n) is 8.84. The Balaban J connectivity index is 1.38. The molecule has 1 saturated carbocycles. The average molecular weight is 418 g/mol. The summed E-state index contributed by atoms with van der Waals surface area (Å²) < 4.78 is 3.85. The molecular weight excluding hydrogens is 386 g/mol. The van der Waals surface area contributed by atoms with Gasteiger partial charge in [-0.1, -0.05) is 37.0 Å². The van der Waals surface area contributed by atoms with E-state index in [1.54, 1.807) is 6.20 Å². The van der Waals surface area contributed by atoms with E-state index in [1.807, 2.05) is 50.8 Å². The maximum Gasteiger partial charge on any atom is 0.259 e. The zero-order valence-electron chi connectivity index (χ0n) is 18.3. The van der Waals surface area contributed by atoms with Crippen molar-refractivity contribution in [2.75, 3.05) is 26.2 Å². The van der Waals surface area contributed by atoms with E-state index in [1.165, 1.54) is 37.7 Å². The molecule has 0 unspecified atom stereocenters. The van der Waals surface area contributed by atoms with E-state index in [0.29, 0.717) is 11.6 Å². The highest BCUT2D eigenvalue weighted by atomic mass is 16.2. The van der Waals surface area contributed by atoms with Gasteiger partial charge in [-0.15, -0.1) is 0 Å². The SMILES string of the molecule is Cc1ccc(-n2ncc(C(=O)N3CCN(C4CCCCC4)CC3)c2-n2cccc2)cc1. The Kier molecular flexibility index (Phi) is 5.64. The highest BCUT2D eigenvalue weighted by molar-refractivity contribution is 5.97. The van der Waals surface area contributed by atoms with Crippen molar-refractivity contribution < 1.29 is 4.79 Å². The molecule has 6 heteroatoms. The summed E-state index contributed by atoms with van der Waals surface area (Å²) in [4.78, 5) is 18.1. The summed E-state index contributed by atoms with van der Waals surface area (Å²) in [6.45, 7) is 5.59. The molecule has 0 atom stereocenters. The van der Waals surface area contributed by atoms with Gasteiger partial charge in [0.2, 0.25) is 0 Å². The molecule has 3 heterocycles. The Morgan fingerprint density at radius 2 is 1.61 bits per heavy atom. The van der Waals surface area contributed by atoms with Gasteiger partial charge in [0.05, 0.1) is 11.9 Å². The lowest BCUT2D eigenvalue weighted by molar-refractivity contribution is 0.0523. The number of aromatic nitrogens is 3. The molecule has 2 aromatic heterocycles. The first kappa shape index (κ1) is 20.1. The number of nitrogens with zero attached hydrogens (tertiary/aromatic N) is 5. The zero-order chi connectivity index (χ0) is 21.2. The lowest BCUT2D eigenvalue weighted by Crippen LogP contribution is -2.52. The lowest BCUT2D eigenvalue weighted by atomic mass is 9.94. The van der Waals surface area contributed by atoms with Gasteiger partial charge in [0.1, 0.15) is 5.56 Å². The molecule has 3 aromatic rings. The van der Waals surface area contributed by atoms with Crippen molar-refractivity contribution >= 4 is 5.91 Å². The maximum atomic E-state index is 13.5. The standard InChI is InChI=1S/C25H31N5O/c1-20-9-11-22(12-10-20)30-24(28-13-5-6-14-28)23(19-26-30)25(31)29-17-15-27(16-18-29)21-7-3-2-4-8-21/h5-6,9-14,19,21H,2-4,7-8,15-18H2,1H3. The van der Waals surface area contributed by atoms with Crippen molar-refractivity contribution in [3.05, 3.63) is 66.1 Å². The van der Waals surface area contributed by atoms with Crippen molar-refractivity contribution in [1.29, 1.82) is 0 Å². The minimum absolute atomic E-state index is 0.0744. The molecular formula is C25H31N5O. The predicted octanol–water partition coefficient (Wildman–Crippen LogP) is 4.06. The first-order chi connectivity index (χ1) is 15.2. The normalized spacial score (nSPS) is 18.4. The molecule has 2 aliphatic rings. The fourth-order valence-electron chi connectivity index (χ4n) is 5.00. The van der Waals surface area contributed by atoms with Crippen LogP contribution < -0.4 is 0 Å². The Labute approximate surface area is 184 Å². The molecule has 1 aliphatic heterocycles. The number of carbonyl (C=O) groups excluding carboxylic acids is 1. The summed E-state index contributed by atoms with van der Waals surface area (Å²) in [5.74, 6) is 0.874. The number of amides is 1. The summed E-state index contributed by atoms with van der Waals surface area (Å²) in [5.41, 5.74) is 2.81. The van der Waals surface area contributed by atoms with Gasteiger partial charge < -0.3 is 9.47 Å². The number of hydrogen-bond donors (Lipinski definition) is 0. The van der Waals surface area contributed by atoms with Crippen molar-refractivity contribution in [2.24, 2.45) is 0 Å². The summed E-state index contributed by atoms with van der Waals surface area (Å²) >= 11 is 0. The van der Waals surface area contributed by atoms with E-state index in [9.17, 15) is 4.79 Å². The predicted molar refractivity (Wildman–Crippen MR) is 122 cm³/mol. The van der Waals surface area contributed by atoms with Crippen molar-refractivity contribution in [1.82, 2.24) is 24.1 Å². The molecule has 1 aromatic carbocycles. The minimum Gasteiger partial charge on any atom is -0.336 e. The lowest BCUT2D eigenvalue weighted by Gasteiger charge is -2.40. The van der Waals surface area contributed by atoms with Gasteiger partial charge in [-0.25, -0.2) is 4.68 Å². The van der Waals surface area contributed by atoms with Crippen LogP contribution in [-0.2, 0) is 0 Å². The van der Waals surface area contributed by atoms with E-state index in [-0.39, 0.29) is 5.91 Å². The van der Waals surface area contributed by atoms with Crippen LogP contribution >= 0.6 is 0 Å². The van der Waals surface area contributed by atoms with Crippen LogP contribution in [0.25, 0.3) is 11.5 Å². The fraction of sp³-hybridized carbons (Fsp3) is 0.440. The molecule has 6 nitrogen and oxygen atoms in total. The number of hydrogen-bond acceptors (Lipinski definition) is 3. The third-order valence-electron chi connectivity index (χ3n) is 6.79. The summed E-state index contributed by atoms with van der Waals surface area (Å²) in [6.07, 6.45) is 12.4. The Bertz CT molecular complexity index is 1010. The Hall–Kier alpha value is -2.86. The molecule has 1 aliphatic carbocycles. The van der Waals surface area contributed by atoms with Crippen LogP contribution in [0.2, 0.25) is 0 Å². The Morgan fingerprint density at radius 1 is 0.935 bits per heavy atom. The van der Waals surface area contributed by atoms with E-state index in [2.05, 4.69) is 29.1 Å². The minimum atomic E-state index is 0.0744. The summed E-state index contributed by atoms with van der Waals surface area (Å²) in [7, 11) is 0. The quantitative estimate of drug-likeness (QED) is 0.643. The van der Waals surface area contributed by atoms with E-state index in [4.69, 9.17) is 0 Å². The number of carbonyl (C=O) groups is 1. The number of benzene rings is 1. The molecule has 1 amide bonds. The largest absolute Gasteiger partial charge is 0.336 e. The highest BCUT2D eigenvalue weighted by Gasteiger charge is 2.30. The van der Waals surface area contributed by atoms with Crippen LogP contribution in [0, 0.1) is 6.92 Å². The molecule has 1 saturated heterocycles. The number of rotatable bonds is 4. The van der Waals surface area contributed by atoms with Crippen LogP contribution in [0.5, 0.6) is 0 Å². The second-order valence-corrected chi connectivity index (χ2v) is 8.84. The topological polar surface area (TPSA) is 46.3 Å². The van der Waals surface area contributed by atoms with Gasteiger partial charge in [-0.2, -0.15) is 5.10 Å². The fourth-order valence-corrected chi connectivity index (χ4v) is 5.00. The van der Waals surface area contributed by atoms with E-state index in [0.717, 1.165) is 37.7 Å². The number of piperazine rings is 1. The average Bonchev–Trinajstić information content (AvgIpc) is 3.50. The van der Waals surface area contributed by atoms with Gasteiger partial charge in [-0.05, 0) is 44.0 Å². The molecule has 0 spiro atoms. The van der Waals surface area contributed by atoms with Gasteiger partial charge in [0.15, 0.2) is 5.82 Å². The van der Waals surface area contributed by atoms with Crippen molar-refractivity contribution in [3.8, 4) is 11.5 Å². The van der Waals surface area contributed by atoms with E-state index >= 15 is 0 Å². The van der Waals surface area contributed by atoms with Crippen LogP contribution in [-0.4, -0.2) is 62.3 Å². The molecule has 162 valence electrons. The molecule has 31 heavy (non-hydrogen) atoms. The van der Waals surface area contributed by atoms with Crippen molar-refractivity contribution in [3.63, 3.8) is 0 Å². The number of aryl methyl sites for hydroxylation is 1. The van der Waals surface area contributed by atoms with Crippen LogP contribution in [0.4, 0.5) is 0 Å². The third-order valence-corrected chi connectivity index (χ3v) is 6.79. The highest BCUT2D eigenvalue weighted by Crippen LogP contribution is 2.25. The first-order valence-corrected chi connectivity index (χ1v) is 11.5. The molecule has 0 radical (unpaired) electrons. The third kappa shape index (κ3) is 4.04. The summed E-state index contributed by atoms with van der Waals surface area (Å²) in [6, 6.07) is 12.9. The van der Waals surface area contributed by atoms with Gasteiger partial charge in [0.25, 0.3) is 5.91 Å². The van der Waals surface area contributed by atoms with Gasteiger partial charge in [-0.3, -0.25) is 9.69 Å². The van der Waals surface area contributed by atoms with Crippen LogP contribution in [0.3, 0.4) is 0 Å².